The van der Waals surface area contributed by atoms with Gasteiger partial charge >= 0.3 is 0 Å². The molecule has 2 aliphatic rings. The van der Waals surface area contributed by atoms with Crippen molar-refractivity contribution in [2.24, 2.45) is 0 Å². The van der Waals surface area contributed by atoms with E-state index in [1.54, 1.807) is 0 Å². The largest absolute Gasteiger partial charge is 0.353 e. The fourth-order valence-electron chi connectivity index (χ4n) is 3.45. The monoisotopic (exact) mass is 406 g/mol. The third-order valence-electron chi connectivity index (χ3n) is 5.00. The summed E-state index contributed by atoms with van der Waals surface area (Å²) < 4.78 is 1.83. The van der Waals surface area contributed by atoms with E-state index in [1.165, 1.54) is 24.6 Å². The van der Waals surface area contributed by atoms with Crippen LogP contribution in [-0.4, -0.2) is 56.4 Å². The second kappa shape index (κ2) is 8.58. The topological polar surface area (TPSA) is 75.9 Å². The molecule has 1 saturated heterocycles. The molecule has 1 aromatic carbocycles. The number of tetrazole rings is 1. The number of rotatable bonds is 8. The van der Waals surface area contributed by atoms with Gasteiger partial charge in [0.2, 0.25) is 11.1 Å². The van der Waals surface area contributed by atoms with Crippen molar-refractivity contribution in [3.63, 3.8) is 0 Å². The molecule has 4 rings (SSSR count). The summed E-state index contributed by atoms with van der Waals surface area (Å²) in [5.41, 5.74) is 1.15. The summed E-state index contributed by atoms with van der Waals surface area (Å²) in [6.45, 7) is 2.68. The average molecular weight is 407 g/mol. The van der Waals surface area contributed by atoms with Crippen molar-refractivity contribution in [1.29, 1.82) is 0 Å². The SMILES string of the molecule is O=C(CSc1nnnn1C1CC1)NCC(c1cccc(Cl)c1)N1CCCC1. The first-order valence-corrected chi connectivity index (χ1v) is 10.7. The lowest BCUT2D eigenvalue weighted by Gasteiger charge is -2.28. The minimum Gasteiger partial charge on any atom is -0.353 e. The third kappa shape index (κ3) is 4.80. The highest BCUT2D eigenvalue weighted by molar-refractivity contribution is 7.99. The van der Waals surface area contributed by atoms with E-state index in [9.17, 15) is 4.79 Å². The van der Waals surface area contributed by atoms with Gasteiger partial charge in [0.05, 0.1) is 17.8 Å². The van der Waals surface area contributed by atoms with Gasteiger partial charge in [-0.05, 0) is 66.9 Å². The number of aromatic nitrogens is 4. The first kappa shape index (κ1) is 18.7. The number of carbonyl (C=O) groups is 1. The predicted molar refractivity (Wildman–Crippen MR) is 105 cm³/mol. The molecular weight excluding hydrogens is 384 g/mol. The van der Waals surface area contributed by atoms with Crippen molar-refractivity contribution < 1.29 is 4.79 Å². The van der Waals surface area contributed by atoms with E-state index in [0.29, 0.717) is 18.3 Å². The molecular formula is C18H23ClN6OS. The van der Waals surface area contributed by atoms with E-state index in [1.807, 2.05) is 22.9 Å². The molecule has 1 aliphatic heterocycles. The molecule has 144 valence electrons. The quantitative estimate of drug-likeness (QED) is 0.679. The first-order valence-electron chi connectivity index (χ1n) is 9.37. The van der Waals surface area contributed by atoms with Gasteiger partial charge in [0.25, 0.3) is 0 Å². The highest BCUT2D eigenvalue weighted by atomic mass is 35.5. The lowest BCUT2D eigenvalue weighted by molar-refractivity contribution is -0.118. The van der Waals surface area contributed by atoms with E-state index in [-0.39, 0.29) is 11.9 Å². The number of carbonyl (C=O) groups excluding carboxylic acids is 1. The molecule has 1 unspecified atom stereocenters. The van der Waals surface area contributed by atoms with Crippen molar-refractivity contribution >= 4 is 29.3 Å². The van der Waals surface area contributed by atoms with Gasteiger partial charge in [0.1, 0.15) is 0 Å². The Hall–Kier alpha value is -1.64. The van der Waals surface area contributed by atoms with E-state index < -0.39 is 0 Å². The van der Waals surface area contributed by atoms with Gasteiger partial charge in [-0.3, -0.25) is 9.69 Å². The second-order valence-electron chi connectivity index (χ2n) is 7.04. The Morgan fingerprint density at radius 2 is 2.15 bits per heavy atom. The highest BCUT2D eigenvalue weighted by Gasteiger charge is 2.28. The van der Waals surface area contributed by atoms with Crippen LogP contribution in [0.15, 0.2) is 29.4 Å². The average Bonchev–Trinajstić information content (AvgIpc) is 3.17. The molecule has 1 N–H and O–H groups in total. The summed E-state index contributed by atoms with van der Waals surface area (Å²) in [7, 11) is 0. The molecule has 1 amide bonds. The smallest absolute Gasteiger partial charge is 0.230 e. The molecule has 9 heteroatoms. The Morgan fingerprint density at radius 1 is 1.33 bits per heavy atom. The number of amides is 1. The Kier molecular flexibility index (Phi) is 5.95. The number of halogens is 1. The summed E-state index contributed by atoms with van der Waals surface area (Å²) in [5, 5.41) is 16.3. The van der Waals surface area contributed by atoms with Crippen LogP contribution < -0.4 is 5.32 Å². The fraction of sp³-hybridized carbons (Fsp3) is 0.556. The van der Waals surface area contributed by atoms with Crippen LogP contribution in [0.3, 0.4) is 0 Å². The third-order valence-corrected chi connectivity index (χ3v) is 6.16. The lowest BCUT2D eigenvalue weighted by Crippen LogP contribution is -2.37. The van der Waals surface area contributed by atoms with Crippen LogP contribution in [0.2, 0.25) is 5.02 Å². The van der Waals surface area contributed by atoms with E-state index in [4.69, 9.17) is 11.6 Å². The van der Waals surface area contributed by atoms with E-state index in [2.05, 4.69) is 31.8 Å². The summed E-state index contributed by atoms with van der Waals surface area (Å²) in [6.07, 6.45) is 4.62. The minimum absolute atomic E-state index is 0.00317. The Labute approximate surface area is 167 Å². The van der Waals surface area contributed by atoms with Crippen molar-refractivity contribution in [1.82, 2.24) is 30.4 Å². The molecule has 2 fully saturated rings. The molecule has 2 aromatic rings. The normalized spacial score (nSPS) is 18.6. The zero-order valence-corrected chi connectivity index (χ0v) is 16.6. The maximum Gasteiger partial charge on any atom is 0.230 e. The van der Waals surface area contributed by atoms with Crippen LogP contribution >= 0.6 is 23.4 Å². The van der Waals surface area contributed by atoms with Crippen LogP contribution in [0, 0.1) is 0 Å². The Balaban J connectivity index is 1.34. The first-order chi connectivity index (χ1) is 13.2. The van der Waals surface area contributed by atoms with E-state index >= 15 is 0 Å². The molecule has 1 saturated carbocycles. The van der Waals surface area contributed by atoms with Gasteiger partial charge in [-0.25, -0.2) is 4.68 Å². The molecule has 1 aromatic heterocycles. The summed E-state index contributed by atoms with van der Waals surface area (Å²) in [6, 6.07) is 8.49. The van der Waals surface area contributed by atoms with Crippen LogP contribution in [0.1, 0.15) is 43.3 Å². The summed E-state index contributed by atoms with van der Waals surface area (Å²) in [4.78, 5) is 14.8. The van der Waals surface area contributed by atoms with Gasteiger partial charge in [-0.1, -0.05) is 35.5 Å². The molecule has 1 aliphatic carbocycles. The Bertz CT molecular complexity index is 790. The molecule has 27 heavy (non-hydrogen) atoms. The number of benzene rings is 1. The Morgan fingerprint density at radius 3 is 2.89 bits per heavy atom. The maximum atomic E-state index is 12.4. The minimum atomic E-state index is -0.00317. The number of likely N-dealkylation sites (tertiary alicyclic amines) is 1. The van der Waals surface area contributed by atoms with Gasteiger partial charge in [-0.15, -0.1) is 5.10 Å². The van der Waals surface area contributed by atoms with Gasteiger partial charge in [-0.2, -0.15) is 0 Å². The number of nitrogens with one attached hydrogen (secondary N) is 1. The van der Waals surface area contributed by atoms with Crippen molar-refractivity contribution in [3.8, 4) is 0 Å². The molecule has 7 nitrogen and oxygen atoms in total. The van der Waals surface area contributed by atoms with Crippen LogP contribution in [0.25, 0.3) is 0 Å². The lowest BCUT2D eigenvalue weighted by atomic mass is 10.1. The summed E-state index contributed by atoms with van der Waals surface area (Å²) >= 11 is 7.57. The molecule has 0 radical (unpaired) electrons. The zero-order chi connectivity index (χ0) is 18.6. The van der Waals surface area contributed by atoms with Gasteiger partial charge in [0.15, 0.2) is 0 Å². The molecule has 0 spiro atoms. The van der Waals surface area contributed by atoms with Crippen molar-refractivity contribution in [2.75, 3.05) is 25.4 Å². The van der Waals surface area contributed by atoms with Crippen molar-refractivity contribution in [3.05, 3.63) is 34.9 Å². The highest BCUT2D eigenvalue weighted by Crippen LogP contribution is 2.36. The number of thioether (sulfide) groups is 1. The molecule has 0 bridgehead atoms. The fourth-order valence-corrected chi connectivity index (χ4v) is 4.42. The van der Waals surface area contributed by atoms with E-state index in [0.717, 1.165) is 41.7 Å². The predicted octanol–water partition coefficient (Wildman–Crippen LogP) is 2.71. The van der Waals surface area contributed by atoms with Crippen LogP contribution in [0.5, 0.6) is 0 Å². The van der Waals surface area contributed by atoms with Crippen LogP contribution in [-0.2, 0) is 4.79 Å². The van der Waals surface area contributed by atoms with Crippen LogP contribution in [0.4, 0.5) is 0 Å². The standard InChI is InChI=1S/C18H23ClN6OS/c19-14-5-3-4-13(10-14)16(24-8-1-2-9-24)11-20-17(26)12-27-18-21-22-23-25(18)15-6-7-15/h3-5,10,15-16H,1-2,6-9,11-12H2,(H,20,26). The van der Waals surface area contributed by atoms with Crippen molar-refractivity contribution in [2.45, 2.75) is 42.9 Å². The zero-order valence-electron chi connectivity index (χ0n) is 15.1. The number of nitrogens with zero attached hydrogens (tertiary/aromatic N) is 5. The summed E-state index contributed by atoms with van der Waals surface area (Å²) in [5.74, 6) is 0.312. The molecule has 1 atom stereocenters. The van der Waals surface area contributed by atoms with Gasteiger partial charge < -0.3 is 5.32 Å². The maximum absolute atomic E-state index is 12.4. The van der Waals surface area contributed by atoms with Gasteiger partial charge in [0, 0.05) is 11.6 Å². The molecule has 2 heterocycles. The number of hydrogen-bond donors (Lipinski definition) is 1. The second-order valence-corrected chi connectivity index (χ2v) is 8.42. The number of hydrogen-bond acceptors (Lipinski definition) is 6.